The predicted molar refractivity (Wildman–Crippen MR) is 112 cm³/mol. The molecule has 0 fully saturated rings. The number of rotatable bonds is 4. The number of ketones is 1. The van der Waals surface area contributed by atoms with Gasteiger partial charge in [0.1, 0.15) is 5.82 Å². The van der Waals surface area contributed by atoms with Crippen LogP contribution in [0.5, 0.6) is 0 Å². The van der Waals surface area contributed by atoms with Gasteiger partial charge in [-0.1, -0.05) is 48.5 Å². The van der Waals surface area contributed by atoms with Gasteiger partial charge in [-0.3, -0.25) is 14.2 Å². The zero-order valence-corrected chi connectivity index (χ0v) is 15.4. The van der Waals surface area contributed by atoms with E-state index in [1.54, 1.807) is 54.0 Å². The molecule has 0 saturated carbocycles. The topological polar surface area (TPSA) is 52.0 Å². The Labute approximate surface area is 162 Å². The molecule has 0 bridgehead atoms. The first-order valence-electron chi connectivity index (χ1n) is 9.00. The Morgan fingerprint density at radius 3 is 2.32 bits per heavy atom. The minimum atomic E-state index is -0.119. The fourth-order valence-corrected chi connectivity index (χ4v) is 3.15. The van der Waals surface area contributed by atoms with Crippen molar-refractivity contribution in [3.05, 3.63) is 112 Å². The van der Waals surface area contributed by atoms with Gasteiger partial charge in [-0.05, 0) is 55.0 Å². The molecule has 0 aliphatic heterocycles. The summed E-state index contributed by atoms with van der Waals surface area (Å²) < 4.78 is 1.57. The maximum atomic E-state index is 12.9. The molecule has 4 rings (SSSR count). The van der Waals surface area contributed by atoms with Gasteiger partial charge < -0.3 is 0 Å². The van der Waals surface area contributed by atoms with Gasteiger partial charge in [0.25, 0.3) is 5.56 Å². The molecule has 0 atom stereocenters. The first kappa shape index (κ1) is 17.6. The lowest BCUT2D eigenvalue weighted by atomic mass is 10.1. The van der Waals surface area contributed by atoms with Gasteiger partial charge in [-0.25, -0.2) is 4.98 Å². The number of aryl methyl sites for hydroxylation is 1. The van der Waals surface area contributed by atoms with Crippen molar-refractivity contribution < 1.29 is 4.79 Å². The molecule has 0 aliphatic carbocycles. The molecule has 136 valence electrons. The number of benzene rings is 3. The maximum Gasteiger partial charge on any atom is 0.265 e. The fourth-order valence-electron chi connectivity index (χ4n) is 3.15. The van der Waals surface area contributed by atoms with E-state index in [2.05, 4.69) is 4.98 Å². The summed E-state index contributed by atoms with van der Waals surface area (Å²) in [6, 6.07) is 24.0. The molecule has 3 aromatic carbocycles. The van der Waals surface area contributed by atoms with Crippen LogP contribution in [0.1, 0.15) is 21.7 Å². The zero-order chi connectivity index (χ0) is 19.5. The predicted octanol–water partition coefficient (Wildman–Crippen LogP) is 4.59. The SMILES string of the molecule is Cc1nc2ccccc2c(=O)n1-c1ccc(C(=O)/C=C/c2ccccc2)cc1. The molecular weight excluding hydrogens is 348 g/mol. The van der Waals surface area contributed by atoms with E-state index in [4.69, 9.17) is 0 Å². The van der Waals surface area contributed by atoms with Crippen LogP contribution in [-0.2, 0) is 0 Å². The first-order chi connectivity index (χ1) is 13.6. The van der Waals surface area contributed by atoms with Crippen molar-refractivity contribution in [3.63, 3.8) is 0 Å². The molecule has 4 nitrogen and oxygen atoms in total. The lowest BCUT2D eigenvalue weighted by molar-refractivity contribution is 0.104. The second kappa shape index (κ2) is 7.45. The standard InChI is InChI=1S/C24H18N2O2/c1-17-25-22-10-6-5-9-21(22)24(28)26(17)20-14-12-19(13-15-20)23(27)16-11-18-7-3-2-4-8-18/h2-16H,1H3/b16-11+. The van der Waals surface area contributed by atoms with Crippen molar-refractivity contribution in [2.45, 2.75) is 6.92 Å². The summed E-state index contributed by atoms with van der Waals surface area (Å²) in [7, 11) is 0. The van der Waals surface area contributed by atoms with Crippen molar-refractivity contribution in [2.24, 2.45) is 0 Å². The largest absolute Gasteiger partial charge is 0.289 e. The number of para-hydroxylation sites is 1. The van der Waals surface area contributed by atoms with Crippen molar-refractivity contribution in [3.8, 4) is 5.69 Å². The first-order valence-corrected chi connectivity index (χ1v) is 9.00. The van der Waals surface area contributed by atoms with Crippen molar-refractivity contribution in [1.82, 2.24) is 9.55 Å². The molecule has 0 saturated heterocycles. The third-order valence-corrected chi connectivity index (χ3v) is 4.58. The van der Waals surface area contributed by atoms with Gasteiger partial charge in [0.15, 0.2) is 5.78 Å². The highest BCUT2D eigenvalue weighted by molar-refractivity contribution is 6.06. The van der Waals surface area contributed by atoms with E-state index in [9.17, 15) is 9.59 Å². The summed E-state index contributed by atoms with van der Waals surface area (Å²) in [5.74, 6) is 0.517. The van der Waals surface area contributed by atoms with Crippen LogP contribution in [-0.4, -0.2) is 15.3 Å². The number of hydrogen-bond acceptors (Lipinski definition) is 3. The van der Waals surface area contributed by atoms with E-state index >= 15 is 0 Å². The Morgan fingerprint density at radius 1 is 0.893 bits per heavy atom. The number of allylic oxidation sites excluding steroid dienone is 1. The quantitative estimate of drug-likeness (QED) is 0.392. The van der Waals surface area contributed by atoms with Crippen LogP contribution in [0.25, 0.3) is 22.7 Å². The minimum absolute atomic E-state index is 0.0869. The number of fused-ring (bicyclic) bond motifs is 1. The van der Waals surface area contributed by atoms with Crippen LogP contribution in [0.3, 0.4) is 0 Å². The number of carbonyl (C=O) groups excluding carboxylic acids is 1. The molecule has 1 aromatic heterocycles. The molecule has 0 spiro atoms. The monoisotopic (exact) mass is 366 g/mol. The van der Waals surface area contributed by atoms with E-state index in [0.717, 1.165) is 5.56 Å². The van der Waals surface area contributed by atoms with E-state index in [-0.39, 0.29) is 11.3 Å². The van der Waals surface area contributed by atoms with E-state index < -0.39 is 0 Å². The molecule has 4 aromatic rings. The number of nitrogens with zero attached hydrogens (tertiary/aromatic N) is 2. The molecule has 0 unspecified atom stereocenters. The Bertz CT molecular complexity index is 1240. The second-order valence-electron chi connectivity index (χ2n) is 6.47. The smallest absolute Gasteiger partial charge is 0.265 e. The summed E-state index contributed by atoms with van der Waals surface area (Å²) in [6.45, 7) is 1.80. The van der Waals surface area contributed by atoms with Crippen LogP contribution in [0.4, 0.5) is 0 Å². The van der Waals surface area contributed by atoms with Gasteiger partial charge in [0.2, 0.25) is 0 Å². The van der Waals surface area contributed by atoms with Crippen molar-refractivity contribution >= 4 is 22.8 Å². The summed E-state index contributed by atoms with van der Waals surface area (Å²) in [5.41, 5.74) is 2.78. The Kier molecular flexibility index (Phi) is 4.68. The minimum Gasteiger partial charge on any atom is -0.289 e. The molecule has 0 amide bonds. The van der Waals surface area contributed by atoms with Gasteiger partial charge in [-0.2, -0.15) is 0 Å². The third kappa shape index (κ3) is 3.40. The highest BCUT2D eigenvalue weighted by Gasteiger charge is 2.10. The van der Waals surface area contributed by atoms with Gasteiger partial charge in [0.05, 0.1) is 16.6 Å². The molecule has 0 aliphatic rings. The van der Waals surface area contributed by atoms with Crippen molar-refractivity contribution in [2.75, 3.05) is 0 Å². The highest BCUT2D eigenvalue weighted by atomic mass is 16.1. The second-order valence-corrected chi connectivity index (χ2v) is 6.47. The summed E-state index contributed by atoms with van der Waals surface area (Å²) in [5, 5.41) is 0.569. The van der Waals surface area contributed by atoms with Gasteiger partial charge in [-0.15, -0.1) is 0 Å². The lowest BCUT2D eigenvalue weighted by Gasteiger charge is -2.11. The third-order valence-electron chi connectivity index (χ3n) is 4.58. The summed E-state index contributed by atoms with van der Waals surface area (Å²) >= 11 is 0. The zero-order valence-electron chi connectivity index (χ0n) is 15.4. The van der Waals surface area contributed by atoms with Crippen LogP contribution in [0.15, 0.2) is 89.7 Å². The Hall–Kier alpha value is -3.79. The van der Waals surface area contributed by atoms with Gasteiger partial charge >= 0.3 is 0 Å². The highest BCUT2D eigenvalue weighted by Crippen LogP contribution is 2.14. The molecule has 4 heteroatoms. The van der Waals surface area contributed by atoms with Crippen LogP contribution in [0.2, 0.25) is 0 Å². The molecule has 0 radical (unpaired) electrons. The normalized spacial score (nSPS) is 11.2. The Balaban J connectivity index is 1.65. The molecule has 28 heavy (non-hydrogen) atoms. The van der Waals surface area contributed by atoms with E-state index in [1.165, 1.54) is 0 Å². The average Bonchev–Trinajstić information content (AvgIpc) is 2.73. The number of carbonyl (C=O) groups is 1. The van der Waals surface area contributed by atoms with Crippen molar-refractivity contribution in [1.29, 1.82) is 0 Å². The van der Waals surface area contributed by atoms with Gasteiger partial charge in [0, 0.05) is 5.56 Å². The van der Waals surface area contributed by atoms with E-state index in [0.29, 0.717) is 28.0 Å². The fraction of sp³-hybridized carbons (Fsp3) is 0.0417. The average molecular weight is 366 g/mol. The van der Waals surface area contributed by atoms with Crippen LogP contribution in [0, 0.1) is 6.92 Å². The van der Waals surface area contributed by atoms with Crippen LogP contribution < -0.4 is 5.56 Å². The molecule has 0 N–H and O–H groups in total. The summed E-state index contributed by atoms with van der Waals surface area (Å²) in [6.07, 6.45) is 3.34. The lowest BCUT2D eigenvalue weighted by Crippen LogP contribution is -2.22. The maximum absolute atomic E-state index is 12.9. The molecule has 1 heterocycles. The van der Waals surface area contributed by atoms with E-state index in [1.807, 2.05) is 48.5 Å². The molecular formula is C24H18N2O2. The number of aromatic nitrogens is 2. The summed E-state index contributed by atoms with van der Waals surface area (Å²) in [4.78, 5) is 29.8. The Morgan fingerprint density at radius 2 is 1.57 bits per heavy atom. The number of hydrogen-bond donors (Lipinski definition) is 0. The van der Waals surface area contributed by atoms with Crippen LogP contribution >= 0.6 is 0 Å².